The zero-order valence-electron chi connectivity index (χ0n) is 12.2. The number of alkyl halides is 3. The zero-order chi connectivity index (χ0) is 17.6. The molecule has 128 valence electrons. The summed E-state index contributed by atoms with van der Waals surface area (Å²) in [5, 5.41) is 5.84. The molecule has 0 fully saturated rings. The average Bonchev–Trinajstić information content (AvgIpc) is 2.53. The van der Waals surface area contributed by atoms with Gasteiger partial charge in [-0.3, -0.25) is 0 Å². The number of halogens is 4. The van der Waals surface area contributed by atoms with E-state index in [1.807, 2.05) is 5.43 Å². The van der Waals surface area contributed by atoms with E-state index < -0.39 is 18.8 Å². The van der Waals surface area contributed by atoms with Crippen molar-refractivity contribution in [3.8, 4) is 0 Å². The number of nitrogens with zero attached hydrogens (tertiary/aromatic N) is 3. The molecule has 2 rings (SSSR count). The minimum absolute atomic E-state index is 0.356. The van der Waals surface area contributed by atoms with E-state index in [1.54, 1.807) is 52.6 Å². The number of nitrogens with one attached hydrogen (secondary N) is 2. The van der Waals surface area contributed by atoms with Crippen LogP contribution in [0.25, 0.3) is 0 Å². The van der Waals surface area contributed by atoms with Gasteiger partial charge in [-0.1, -0.05) is 23.7 Å². The number of pyridine rings is 2. The lowest BCUT2D eigenvalue weighted by atomic mass is 10.3. The highest BCUT2D eigenvalue weighted by molar-refractivity contribution is 6.29. The lowest BCUT2D eigenvalue weighted by Gasteiger charge is -2.09. The maximum Gasteiger partial charge on any atom is 0.405 e. The first-order valence-corrected chi connectivity index (χ1v) is 7.11. The van der Waals surface area contributed by atoms with Crippen molar-refractivity contribution in [1.82, 2.24) is 20.3 Å². The van der Waals surface area contributed by atoms with Crippen molar-refractivity contribution in [3.05, 3.63) is 58.9 Å². The molecule has 0 radical (unpaired) electrons. The van der Waals surface area contributed by atoms with E-state index in [4.69, 9.17) is 11.6 Å². The zero-order valence-corrected chi connectivity index (χ0v) is 13.0. The van der Waals surface area contributed by atoms with Gasteiger partial charge in [0.2, 0.25) is 0 Å². The molecule has 2 N–H and O–H groups in total. The minimum Gasteiger partial charge on any atom is -0.328 e. The van der Waals surface area contributed by atoms with E-state index in [9.17, 15) is 18.0 Å². The third-order valence-electron chi connectivity index (χ3n) is 2.78. The first kappa shape index (κ1) is 17.8. The van der Waals surface area contributed by atoms with Gasteiger partial charge >= 0.3 is 12.2 Å². The summed E-state index contributed by atoms with van der Waals surface area (Å²) in [6.07, 6.45) is -1.18. The molecular formula is C14H13ClF3N5O. The number of aromatic nitrogens is 2. The van der Waals surface area contributed by atoms with Crippen LogP contribution >= 0.6 is 11.6 Å². The van der Waals surface area contributed by atoms with Crippen LogP contribution < -0.4 is 16.2 Å². The molecule has 0 saturated heterocycles. The van der Waals surface area contributed by atoms with E-state index >= 15 is 0 Å². The van der Waals surface area contributed by atoms with E-state index in [1.165, 1.54) is 0 Å². The number of carbonyl (C=O) groups excluding carboxylic acids is 1. The molecule has 2 aromatic heterocycles. The van der Waals surface area contributed by atoms with Gasteiger partial charge in [0.1, 0.15) is 11.7 Å². The fourth-order valence-corrected chi connectivity index (χ4v) is 1.84. The highest BCUT2D eigenvalue weighted by atomic mass is 35.5. The number of hydrogen-bond donors (Lipinski definition) is 2. The molecule has 2 heterocycles. The van der Waals surface area contributed by atoms with Crippen molar-refractivity contribution >= 4 is 17.6 Å². The minimum atomic E-state index is -4.48. The summed E-state index contributed by atoms with van der Waals surface area (Å²) >= 11 is 5.72. The average molecular weight is 360 g/mol. The molecule has 0 aliphatic rings. The molecule has 0 aliphatic carbocycles. The number of urea groups is 1. The van der Waals surface area contributed by atoms with Gasteiger partial charge in [0.25, 0.3) is 0 Å². The smallest absolute Gasteiger partial charge is 0.328 e. The van der Waals surface area contributed by atoms with Gasteiger partial charge in [-0.25, -0.2) is 15.2 Å². The molecule has 0 unspecified atom stereocenters. The molecule has 0 saturated carbocycles. The van der Waals surface area contributed by atoms with Crippen LogP contribution in [0.3, 0.4) is 0 Å². The van der Waals surface area contributed by atoms with Gasteiger partial charge in [-0.05, 0) is 23.8 Å². The van der Waals surface area contributed by atoms with Crippen molar-refractivity contribution in [2.24, 2.45) is 5.10 Å². The molecule has 0 spiro atoms. The van der Waals surface area contributed by atoms with Crippen LogP contribution in [0.1, 0.15) is 5.56 Å². The summed E-state index contributed by atoms with van der Waals surface area (Å²) in [7, 11) is 0. The fourth-order valence-electron chi connectivity index (χ4n) is 1.73. The van der Waals surface area contributed by atoms with Crippen LogP contribution in [0.2, 0.25) is 5.15 Å². The van der Waals surface area contributed by atoms with Gasteiger partial charge < -0.3 is 9.88 Å². The van der Waals surface area contributed by atoms with Crippen LogP contribution in [0.15, 0.2) is 47.8 Å². The molecule has 0 aromatic carbocycles. The van der Waals surface area contributed by atoms with E-state index in [-0.39, 0.29) is 0 Å². The predicted octanol–water partition coefficient (Wildman–Crippen LogP) is 2.26. The van der Waals surface area contributed by atoms with Gasteiger partial charge in [-0.2, -0.15) is 18.3 Å². The Morgan fingerprint density at radius 2 is 2.08 bits per heavy atom. The first-order valence-electron chi connectivity index (χ1n) is 6.74. The molecule has 0 bridgehead atoms. The maximum atomic E-state index is 12.0. The summed E-state index contributed by atoms with van der Waals surface area (Å²) in [5.74, 6) is 0. The predicted molar refractivity (Wildman–Crippen MR) is 80.9 cm³/mol. The molecule has 2 aromatic rings. The Balaban J connectivity index is 2.07. The highest BCUT2D eigenvalue weighted by Gasteiger charge is 2.27. The normalized spacial score (nSPS) is 12.1. The Hall–Kier alpha value is -2.55. The van der Waals surface area contributed by atoms with E-state index in [2.05, 4.69) is 10.1 Å². The van der Waals surface area contributed by atoms with E-state index in [0.717, 1.165) is 5.56 Å². The van der Waals surface area contributed by atoms with Gasteiger partial charge in [0.15, 0.2) is 5.49 Å². The Bertz CT molecular complexity index is 758. The third kappa shape index (κ3) is 5.92. The molecule has 10 heteroatoms. The van der Waals surface area contributed by atoms with Crippen LogP contribution in [0.5, 0.6) is 0 Å². The molecule has 24 heavy (non-hydrogen) atoms. The molecule has 0 atom stereocenters. The summed E-state index contributed by atoms with van der Waals surface area (Å²) in [5.41, 5.74) is 3.22. The van der Waals surface area contributed by atoms with Crippen LogP contribution in [0, 0.1) is 0 Å². The number of rotatable bonds is 4. The molecule has 2 amide bonds. The second-order valence-electron chi connectivity index (χ2n) is 4.70. The summed E-state index contributed by atoms with van der Waals surface area (Å²) < 4.78 is 37.8. The topological polar surface area (TPSA) is 71.3 Å². The van der Waals surface area contributed by atoms with Crippen molar-refractivity contribution in [2.45, 2.75) is 12.7 Å². The van der Waals surface area contributed by atoms with Gasteiger partial charge in [-0.15, -0.1) is 0 Å². The maximum absolute atomic E-state index is 12.0. The summed E-state index contributed by atoms with van der Waals surface area (Å²) in [4.78, 5) is 15.3. The second kappa shape index (κ2) is 7.82. The largest absolute Gasteiger partial charge is 0.405 e. The quantitative estimate of drug-likeness (QED) is 0.649. The third-order valence-corrected chi connectivity index (χ3v) is 3.00. The standard InChI is InChI=1S/C14H13ClF3N5O/c15-11-5-4-10(7-19-11)8-23-6-2-1-3-12(23)21-22-13(24)20-9-14(16,17)18/h1-7H,8-9H2,(H2,20,22,24). The Morgan fingerprint density at radius 3 is 2.75 bits per heavy atom. The first-order chi connectivity index (χ1) is 11.3. The fraction of sp³-hybridized carbons (Fsp3) is 0.214. The highest BCUT2D eigenvalue weighted by Crippen LogP contribution is 2.11. The Morgan fingerprint density at radius 1 is 1.29 bits per heavy atom. The van der Waals surface area contributed by atoms with Crippen molar-refractivity contribution in [1.29, 1.82) is 0 Å². The lowest BCUT2D eigenvalue weighted by molar-refractivity contribution is -0.122. The van der Waals surface area contributed by atoms with Crippen LogP contribution in [-0.4, -0.2) is 28.3 Å². The number of amides is 2. The van der Waals surface area contributed by atoms with Crippen molar-refractivity contribution in [2.75, 3.05) is 6.54 Å². The lowest BCUT2D eigenvalue weighted by Crippen LogP contribution is -2.40. The number of hydrogen-bond acceptors (Lipinski definition) is 3. The van der Waals surface area contributed by atoms with Gasteiger partial charge in [0, 0.05) is 12.4 Å². The van der Waals surface area contributed by atoms with E-state index in [0.29, 0.717) is 17.2 Å². The number of carbonyl (C=O) groups is 1. The Labute approximate surface area is 140 Å². The Kier molecular flexibility index (Phi) is 5.80. The molecule has 6 nitrogen and oxygen atoms in total. The second-order valence-corrected chi connectivity index (χ2v) is 5.08. The summed E-state index contributed by atoms with van der Waals surface area (Å²) in [6, 6.07) is 7.42. The van der Waals surface area contributed by atoms with Crippen molar-refractivity contribution < 1.29 is 18.0 Å². The van der Waals surface area contributed by atoms with Gasteiger partial charge in [0.05, 0.1) is 6.54 Å². The summed E-state index contributed by atoms with van der Waals surface area (Å²) in [6.45, 7) is -1.03. The molecular weight excluding hydrogens is 347 g/mol. The molecule has 0 aliphatic heterocycles. The monoisotopic (exact) mass is 359 g/mol. The van der Waals surface area contributed by atoms with Crippen LogP contribution in [0.4, 0.5) is 18.0 Å². The van der Waals surface area contributed by atoms with Crippen LogP contribution in [-0.2, 0) is 6.54 Å². The van der Waals surface area contributed by atoms with Crippen molar-refractivity contribution in [3.63, 3.8) is 0 Å². The SMILES string of the molecule is O=C(NCC(F)(F)F)NN=c1ccccn1Cc1ccc(Cl)nc1.